The number of furan rings is 2. The van der Waals surface area contributed by atoms with Crippen LogP contribution in [0, 0.1) is 41.5 Å². The van der Waals surface area contributed by atoms with Crippen molar-refractivity contribution in [3.8, 4) is 22.3 Å². The summed E-state index contributed by atoms with van der Waals surface area (Å²) in [5, 5.41) is 1.47. The molecular weight excluding hydrogens is 858 g/mol. The molecule has 2 nitrogen and oxygen atoms in total. The van der Waals surface area contributed by atoms with Crippen LogP contribution < -0.4 is 0 Å². The van der Waals surface area contributed by atoms with Gasteiger partial charge in [0.05, 0.1) is 0 Å². The topological polar surface area (TPSA) is 26.3 Å². The van der Waals surface area contributed by atoms with Crippen molar-refractivity contribution >= 4 is 75.1 Å². The first kappa shape index (κ1) is 37.7. The van der Waals surface area contributed by atoms with Gasteiger partial charge in [0.1, 0.15) is 0 Å². The van der Waals surface area contributed by atoms with Gasteiger partial charge in [-0.3, -0.25) is 0 Å². The molecule has 0 spiro atoms. The van der Waals surface area contributed by atoms with Crippen molar-refractivity contribution in [2.45, 2.75) is 65.2 Å². The van der Waals surface area contributed by atoms with Gasteiger partial charge in [-0.2, -0.15) is 0 Å². The molecule has 0 bridgehead atoms. The van der Waals surface area contributed by atoms with Crippen LogP contribution in [0.15, 0.2) is 93.8 Å². The van der Waals surface area contributed by atoms with E-state index in [9.17, 15) is 0 Å². The summed E-state index contributed by atoms with van der Waals surface area (Å²) in [7, 11) is 0. The summed E-state index contributed by atoms with van der Waals surface area (Å²) < 4.78 is 12.9. The van der Waals surface area contributed by atoms with Crippen LogP contribution in [0.1, 0.15) is 74.8 Å². The average molecular weight is 898 g/mol. The van der Waals surface area contributed by atoms with Crippen molar-refractivity contribution in [3.63, 3.8) is 0 Å². The van der Waals surface area contributed by atoms with Crippen molar-refractivity contribution < 1.29 is 29.2 Å². The fourth-order valence-electron chi connectivity index (χ4n) is 9.13. The minimum absolute atomic E-state index is 0.211. The molecule has 0 saturated carbocycles. The van der Waals surface area contributed by atoms with Crippen LogP contribution in [0.5, 0.6) is 0 Å². The fourth-order valence-corrected chi connectivity index (χ4v) is 40.6. The molecule has 4 aromatic carbocycles. The van der Waals surface area contributed by atoms with E-state index in [-0.39, 0.29) is 7.25 Å². The van der Waals surface area contributed by atoms with E-state index in [2.05, 4.69) is 101 Å². The zero-order valence-corrected chi connectivity index (χ0v) is 38.1. The third-order valence-corrected chi connectivity index (χ3v) is 34.9. The Morgan fingerprint density at radius 1 is 0.582 bits per heavy atom. The van der Waals surface area contributed by atoms with Crippen molar-refractivity contribution in [2.24, 2.45) is 0 Å². The molecule has 1 saturated heterocycles. The Bertz CT molecular complexity index is 2480. The Morgan fingerprint density at radius 3 is 1.33 bits per heavy atom. The molecule has 1 fully saturated rings. The van der Waals surface area contributed by atoms with Crippen molar-refractivity contribution in [2.75, 3.05) is 0 Å². The average Bonchev–Trinajstić information content (AvgIpc) is 3.93. The molecule has 9 rings (SSSR count). The second-order valence-corrected chi connectivity index (χ2v) is 33.7. The Balaban J connectivity index is 1.36. The van der Waals surface area contributed by atoms with Gasteiger partial charge in [-0.05, 0) is 0 Å². The molecule has 276 valence electrons. The molecule has 2 aromatic heterocycles. The van der Waals surface area contributed by atoms with Crippen LogP contribution in [0.25, 0.3) is 45.6 Å². The third-order valence-electron chi connectivity index (χ3n) is 12.0. The monoisotopic (exact) mass is 894 g/mol. The molecule has 2 aliphatic carbocycles. The second-order valence-electron chi connectivity index (χ2n) is 15.6. The van der Waals surface area contributed by atoms with Crippen LogP contribution >= 0.6 is 46.4 Å². The van der Waals surface area contributed by atoms with Crippen LogP contribution in [0.3, 0.4) is 0 Å². The van der Waals surface area contributed by atoms with Gasteiger partial charge in [0, 0.05) is 0 Å². The van der Waals surface area contributed by atoms with Gasteiger partial charge in [-0.25, -0.2) is 0 Å². The van der Waals surface area contributed by atoms with Crippen molar-refractivity contribution in [1.82, 2.24) is 0 Å². The number of allylic oxidation sites excluding steroid dienone is 2. The number of rotatable bonds is 6. The van der Waals surface area contributed by atoms with E-state index in [4.69, 9.17) is 55.2 Å². The van der Waals surface area contributed by atoms with Gasteiger partial charge in [-0.1, -0.05) is 0 Å². The van der Waals surface area contributed by atoms with E-state index >= 15 is 0 Å². The van der Waals surface area contributed by atoms with E-state index in [1.807, 2.05) is 38.1 Å². The molecule has 8 heteroatoms. The van der Waals surface area contributed by atoms with Gasteiger partial charge in [0.15, 0.2) is 0 Å². The summed E-state index contributed by atoms with van der Waals surface area (Å²) >= 11 is 24.0. The number of fused-ring (bicyclic) bond motifs is 2. The first-order valence-corrected chi connectivity index (χ1v) is 28.7. The molecule has 1 aliphatic heterocycles. The van der Waals surface area contributed by atoms with E-state index in [0.29, 0.717) is 0 Å². The molecule has 55 heavy (non-hydrogen) atoms. The molecular formula is C47H40Cl4O2SiZr. The molecule has 2 atom stereocenters. The van der Waals surface area contributed by atoms with Gasteiger partial charge in [0.25, 0.3) is 0 Å². The number of halogens is 4. The Labute approximate surface area is 351 Å². The predicted molar refractivity (Wildman–Crippen MR) is 231 cm³/mol. The SMILES string of the molecule is Cc1ccc(C2=Cc3c(cc(C)c(C)c3-c3ccc(Cl)cc3)[CH]2[Zr]([CH]2C(c3ccc(C)o3)=Cc3c2cc(C)c(C)c3-c2ccc(Cl)cc2)=[Si]2CC(Cl)(Cl)C2)o1. The van der Waals surface area contributed by atoms with Crippen LogP contribution in [-0.4, -0.2) is 9.77 Å². The molecule has 0 amide bonds. The standard InChI is InChI=1S/2C22H18ClO.C3H4Cl2Si.Zr/c2*1-13-10-17-11-18(21-9-4-14(2)24-21)12-20(17)22(15(13)3)16-5-7-19(23)8-6-16;4-3(5)1-6-2-3;/h2*4-12H,1-3H3;1-2H2;. The maximum atomic E-state index is 7.03. The third kappa shape index (κ3) is 6.58. The molecule has 3 aliphatic rings. The van der Waals surface area contributed by atoms with Crippen LogP contribution in [-0.2, 0) is 20.4 Å². The number of benzene rings is 4. The molecule has 0 radical (unpaired) electrons. The summed E-state index contributed by atoms with van der Waals surface area (Å²) in [6.45, 7) is 13.1. The number of alkyl halides is 2. The Kier molecular flexibility index (Phi) is 9.76. The summed E-state index contributed by atoms with van der Waals surface area (Å²) in [5.41, 5.74) is 17.1. The normalized spacial score (nSPS) is 18.2. The molecule has 0 N–H and O–H groups in total. The zero-order chi connectivity index (χ0) is 38.5. The summed E-state index contributed by atoms with van der Waals surface area (Å²) in [6.07, 6.45) is 4.92. The summed E-state index contributed by atoms with van der Waals surface area (Å²) in [6, 6.07) is 31.9. The van der Waals surface area contributed by atoms with E-state index in [1.54, 1.807) is 0 Å². The second kappa shape index (κ2) is 14.2. The molecule has 6 aromatic rings. The van der Waals surface area contributed by atoms with Crippen molar-refractivity contribution in [3.05, 3.63) is 163 Å². The minimum atomic E-state index is -2.93. The van der Waals surface area contributed by atoms with E-state index in [0.717, 1.165) is 45.2 Å². The quantitative estimate of drug-likeness (QED) is 0.123. The van der Waals surface area contributed by atoms with Gasteiger partial charge < -0.3 is 0 Å². The van der Waals surface area contributed by atoms with Crippen LogP contribution in [0.2, 0.25) is 22.1 Å². The summed E-state index contributed by atoms with van der Waals surface area (Å²) in [4.78, 5) is 0. The Hall–Kier alpha value is -2.82. The van der Waals surface area contributed by atoms with Crippen LogP contribution in [0.4, 0.5) is 0 Å². The molecule has 3 heterocycles. The number of aryl methyl sites for hydroxylation is 4. The molecule has 2 unspecified atom stereocenters. The zero-order valence-electron chi connectivity index (χ0n) is 31.6. The van der Waals surface area contributed by atoms with Gasteiger partial charge in [-0.15, -0.1) is 0 Å². The van der Waals surface area contributed by atoms with E-state index < -0.39 is 30.1 Å². The maximum absolute atomic E-state index is 7.03. The fraction of sp³-hybridized carbons (Fsp3) is 0.234. The summed E-state index contributed by atoms with van der Waals surface area (Å²) in [5.74, 6) is 3.74. The van der Waals surface area contributed by atoms with Gasteiger partial charge in [0.2, 0.25) is 0 Å². The Morgan fingerprint density at radius 2 is 0.982 bits per heavy atom. The predicted octanol–water partition coefficient (Wildman–Crippen LogP) is 15.1. The number of hydrogen-bond donors (Lipinski definition) is 0. The van der Waals surface area contributed by atoms with Crippen molar-refractivity contribution in [1.29, 1.82) is 0 Å². The first-order chi connectivity index (χ1) is 26.3. The van der Waals surface area contributed by atoms with E-state index in [1.165, 1.54) is 77.9 Å². The van der Waals surface area contributed by atoms with Gasteiger partial charge >= 0.3 is 354 Å². The number of hydrogen-bond acceptors (Lipinski definition) is 2. The first-order valence-electron chi connectivity index (χ1n) is 18.7.